The highest BCUT2D eigenvalue weighted by Gasteiger charge is 2.25. The first-order valence-corrected chi connectivity index (χ1v) is 12.5. The predicted octanol–water partition coefficient (Wildman–Crippen LogP) is 6.50. The summed E-state index contributed by atoms with van der Waals surface area (Å²) in [5, 5.41) is 3.29. The summed E-state index contributed by atoms with van der Waals surface area (Å²) in [6, 6.07) is 12.5. The van der Waals surface area contributed by atoms with Crippen molar-refractivity contribution in [1.29, 1.82) is 0 Å². The van der Waals surface area contributed by atoms with Crippen LogP contribution in [0.4, 0.5) is 16.2 Å². The van der Waals surface area contributed by atoms with E-state index in [0.29, 0.717) is 28.8 Å². The van der Waals surface area contributed by atoms with Crippen molar-refractivity contribution in [3.05, 3.63) is 76.1 Å². The predicted molar refractivity (Wildman–Crippen MR) is 145 cm³/mol. The fourth-order valence-electron chi connectivity index (χ4n) is 4.25. The molecule has 2 heterocycles. The van der Waals surface area contributed by atoms with E-state index in [2.05, 4.69) is 16.4 Å². The molecule has 0 aliphatic carbocycles. The van der Waals surface area contributed by atoms with Crippen LogP contribution >= 0.6 is 0 Å². The standard InChI is InChI=1S/C29H33N3O4/c1-29(2,3)36-28(35)32-17-11-7-5-4-6-8-12-20-15-16-21(18-25(20)32)31-27(34)23-19-30-24-14-10-9-13-22(24)26(23)33/h8-10,12-16,18-19H,4-7,11,17H2,1-3H3,(H,30,33)(H,31,34)/b12-8-. The van der Waals surface area contributed by atoms with Gasteiger partial charge in [0.1, 0.15) is 11.2 Å². The van der Waals surface area contributed by atoms with E-state index in [9.17, 15) is 14.4 Å². The highest BCUT2D eigenvalue weighted by atomic mass is 16.6. The van der Waals surface area contributed by atoms with Crippen LogP contribution in [0.5, 0.6) is 0 Å². The summed E-state index contributed by atoms with van der Waals surface area (Å²) in [5.41, 5.74) is 1.73. The van der Waals surface area contributed by atoms with Gasteiger partial charge in [-0.2, -0.15) is 0 Å². The molecular formula is C29H33N3O4. The number of amides is 2. The zero-order valence-corrected chi connectivity index (χ0v) is 21.1. The Morgan fingerprint density at radius 1 is 1.03 bits per heavy atom. The molecule has 188 valence electrons. The molecule has 0 saturated heterocycles. The Bertz CT molecular complexity index is 1350. The molecule has 1 aliphatic heterocycles. The number of para-hydroxylation sites is 1. The van der Waals surface area contributed by atoms with Gasteiger partial charge in [0.2, 0.25) is 5.43 Å². The summed E-state index contributed by atoms with van der Waals surface area (Å²) in [4.78, 5) is 43.8. The maximum Gasteiger partial charge on any atom is 0.414 e. The van der Waals surface area contributed by atoms with Crippen LogP contribution in [0.25, 0.3) is 17.0 Å². The fourth-order valence-corrected chi connectivity index (χ4v) is 4.25. The maximum atomic E-state index is 13.2. The van der Waals surface area contributed by atoms with Crippen LogP contribution in [0.1, 0.15) is 68.8 Å². The lowest BCUT2D eigenvalue weighted by molar-refractivity contribution is 0.0579. The summed E-state index contributed by atoms with van der Waals surface area (Å²) < 4.78 is 5.71. The number of pyridine rings is 1. The summed E-state index contributed by atoms with van der Waals surface area (Å²) in [6.07, 6.45) is 10.2. The van der Waals surface area contributed by atoms with E-state index in [-0.39, 0.29) is 11.0 Å². The number of anilines is 2. The maximum absolute atomic E-state index is 13.2. The zero-order chi connectivity index (χ0) is 25.7. The molecule has 0 atom stereocenters. The normalized spacial score (nSPS) is 15.5. The van der Waals surface area contributed by atoms with Crippen molar-refractivity contribution >= 4 is 40.4 Å². The molecule has 3 aromatic rings. The SMILES string of the molecule is CC(C)(C)OC(=O)N1CCCCCC/C=C\c2ccc(NC(=O)c3c[nH]c4ccccc4c3=O)cc21. The minimum Gasteiger partial charge on any atom is -0.443 e. The number of fused-ring (bicyclic) bond motifs is 2. The third-order valence-corrected chi connectivity index (χ3v) is 6.03. The number of benzene rings is 2. The van der Waals surface area contributed by atoms with E-state index >= 15 is 0 Å². The van der Waals surface area contributed by atoms with Crippen molar-refractivity contribution < 1.29 is 14.3 Å². The molecule has 0 saturated carbocycles. The number of rotatable bonds is 2. The van der Waals surface area contributed by atoms with Gasteiger partial charge in [-0.15, -0.1) is 0 Å². The molecule has 0 unspecified atom stereocenters. The van der Waals surface area contributed by atoms with Gasteiger partial charge in [-0.05, 0) is 69.9 Å². The zero-order valence-electron chi connectivity index (χ0n) is 21.1. The van der Waals surface area contributed by atoms with Crippen molar-refractivity contribution in [1.82, 2.24) is 4.98 Å². The lowest BCUT2D eigenvalue weighted by Gasteiger charge is -2.29. The molecule has 0 radical (unpaired) electrons. The van der Waals surface area contributed by atoms with E-state index in [1.165, 1.54) is 6.20 Å². The average molecular weight is 488 g/mol. The Balaban J connectivity index is 1.69. The number of aromatic amines is 1. The molecule has 1 aromatic heterocycles. The topological polar surface area (TPSA) is 91.5 Å². The number of H-pyrrole nitrogens is 1. The molecule has 4 rings (SSSR count). The van der Waals surface area contributed by atoms with Crippen LogP contribution in [0.3, 0.4) is 0 Å². The van der Waals surface area contributed by atoms with Gasteiger partial charge in [-0.25, -0.2) is 4.79 Å². The molecule has 0 bridgehead atoms. The highest BCUT2D eigenvalue weighted by molar-refractivity contribution is 6.06. The van der Waals surface area contributed by atoms with E-state index in [1.807, 2.05) is 39.0 Å². The van der Waals surface area contributed by atoms with E-state index in [0.717, 1.165) is 37.7 Å². The Kier molecular flexibility index (Phi) is 7.58. The van der Waals surface area contributed by atoms with E-state index in [4.69, 9.17) is 4.74 Å². The van der Waals surface area contributed by atoms with Crippen molar-refractivity contribution in [2.24, 2.45) is 0 Å². The number of carbonyl (C=O) groups is 2. The number of aromatic nitrogens is 1. The van der Waals surface area contributed by atoms with Gasteiger partial charge in [0.15, 0.2) is 0 Å². The van der Waals surface area contributed by atoms with Crippen LogP contribution < -0.4 is 15.6 Å². The molecule has 2 N–H and O–H groups in total. The minimum atomic E-state index is -0.637. The first-order chi connectivity index (χ1) is 17.2. The molecule has 0 fully saturated rings. The molecular weight excluding hydrogens is 454 g/mol. The first-order valence-electron chi connectivity index (χ1n) is 12.5. The van der Waals surface area contributed by atoms with Crippen LogP contribution in [0, 0.1) is 0 Å². The quantitative estimate of drug-likeness (QED) is 0.432. The van der Waals surface area contributed by atoms with Gasteiger partial charge < -0.3 is 15.0 Å². The summed E-state index contributed by atoms with van der Waals surface area (Å²) in [6.45, 7) is 6.04. The lowest BCUT2D eigenvalue weighted by atomic mass is 10.1. The second-order valence-electron chi connectivity index (χ2n) is 10.0. The Morgan fingerprint density at radius 2 is 1.81 bits per heavy atom. The Labute approximate surface area is 211 Å². The summed E-state index contributed by atoms with van der Waals surface area (Å²) in [5.74, 6) is -0.516. The second kappa shape index (κ2) is 10.8. The van der Waals surface area contributed by atoms with Crippen LogP contribution in [0.2, 0.25) is 0 Å². The van der Waals surface area contributed by atoms with Crippen molar-refractivity contribution in [3.8, 4) is 0 Å². The molecule has 7 nitrogen and oxygen atoms in total. The number of nitrogens with zero attached hydrogens (tertiary/aromatic N) is 1. The largest absolute Gasteiger partial charge is 0.443 e. The molecule has 2 amide bonds. The number of hydrogen-bond donors (Lipinski definition) is 2. The second-order valence-corrected chi connectivity index (χ2v) is 10.0. The number of ether oxygens (including phenoxy) is 1. The summed E-state index contributed by atoms with van der Waals surface area (Å²) in [7, 11) is 0. The number of nitrogens with one attached hydrogen (secondary N) is 2. The van der Waals surface area contributed by atoms with Gasteiger partial charge in [0.05, 0.1) is 5.69 Å². The number of hydrogen-bond acceptors (Lipinski definition) is 4. The molecule has 2 aromatic carbocycles. The number of allylic oxidation sites excluding steroid dienone is 1. The average Bonchev–Trinajstić information content (AvgIpc) is 2.87. The number of carbonyl (C=O) groups excluding carboxylic acids is 2. The van der Waals surface area contributed by atoms with E-state index in [1.54, 1.807) is 35.2 Å². The smallest absolute Gasteiger partial charge is 0.414 e. The monoisotopic (exact) mass is 487 g/mol. The van der Waals surface area contributed by atoms with Crippen molar-refractivity contribution in [3.63, 3.8) is 0 Å². The minimum absolute atomic E-state index is 0.0223. The third-order valence-electron chi connectivity index (χ3n) is 6.03. The van der Waals surface area contributed by atoms with Gasteiger partial charge in [0.25, 0.3) is 5.91 Å². The fraction of sp³-hybridized carbons (Fsp3) is 0.345. The molecule has 0 spiro atoms. The van der Waals surface area contributed by atoms with Gasteiger partial charge >= 0.3 is 6.09 Å². The molecule has 36 heavy (non-hydrogen) atoms. The van der Waals surface area contributed by atoms with E-state index < -0.39 is 17.6 Å². The van der Waals surface area contributed by atoms with Crippen LogP contribution in [0.15, 0.2) is 59.5 Å². The third kappa shape index (κ3) is 6.03. The summed E-state index contributed by atoms with van der Waals surface area (Å²) >= 11 is 0. The van der Waals surface area contributed by atoms with Crippen molar-refractivity contribution in [2.75, 3.05) is 16.8 Å². The Hall–Kier alpha value is -3.87. The van der Waals surface area contributed by atoms with Gasteiger partial charge in [-0.1, -0.05) is 43.2 Å². The van der Waals surface area contributed by atoms with Crippen LogP contribution in [-0.4, -0.2) is 29.1 Å². The van der Waals surface area contributed by atoms with Gasteiger partial charge in [-0.3, -0.25) is 14.5 Å². The first kappa shape index (κ1) is 25.2. The molecule has 7 heteroatoms. The van der Waals surface area contributed by atoms with Gasteiger partial charge in [0, 0.05) is 29.3 Å². The Morgan fingerprint density at radius 3 is 2.61 bits per heavy atom. The molecule has 1 aliphatic rings. The highest BCUT2D eigenvalue weighted by Crippen LogP contribution is 2.29. The van der Waals surface area contributed by atoms with Crippen LogP contribution in [-0.2, 0) is 4.74 Å². The van der Waals surface area contributed by atoms with Crippen molar-refractivity contribution in [2.45, 2.75) is 58.5 Å². The lowest BCUT2D eigenvalue weighted by Crippen LogP contribution is -2.38.